The summed E-state index contributed by atoms with van der Waals surface area (Å²) in [7, 11) is 0. The largest absolute Gasteiger partial charge is 0.480 e. The Kier molecular flexibility index (Phi) is 12.0. The molecule has 1 aromatic heterocycles. The van der Waals surface area contributed by atoms with Crippen LogP contribution in [0.2, 0.25) is 0 Å². The number of benzene rings is 1. The molecular weight excluding hydrogens is 516 g/mol. The van der Waals surface area contributed by atoms with Crippen LogP contribution in [0.4, 0.5) is 0 Å². The highest BCUT2D eigenvalue weighted by Crippen LogP contribution is 2.19. The number of aliphatic carboxylic acids is 1. The number of primary amides is 1. The standard InChI is InChI=1S/C24H34N6O7S/c1-38-9-8-15(25)21(33)30-19(12-31)23(35)29-18(10-13-11-27-16-5-3-2-4-14(13)16)22(34)28-17(24(36)37)6-7-20(26)32/h2-5,11,15,17-19,27,31H,6-10,12,25H2,1H3,(H2,26,32)(H,28,34)(H,29,35)(H,30,33)(H,36,37). The maximum Gasteiger partial charge on any atom is 0.326 e. The first-order valence-corrected chi connectivity index (χ1v) is 13.3. The van der Waals surface area contributed by atoms with Gasteiger partial charge in [0.1, 0.15) is 18.1 Å². The van der Waals surface area contributed by atoms with E-state index in [1.165, 1.54) is 11.8 Å². The van der Waals surface area contributed by atoms with Crippen LogP contribution in [0.1, 0.15) is 24.8 Å². The molecule has 0 spiro atoms. The van der Waals surface area contributed by atoms with Crippen LogP contribution in [-0.4, -0.2) is 87.6 Å². The van der Waals surface area contributed by atoms with Gasteiger partial charge in [0.05, 0.1) is 12.6 Å². The summed E-state index contributed by atoms with van der Waals surface area (Å²) in [6, 6.07) is 2.26. The van der Waals surface area contributed by atoms with E-state index < -0.39 is 60.4 Å². The van der Waals surface area contributed by atoms with Crippen molar-refractivity contribution < 1.29 is 34.2 Å². The van der Waals surface area contributed by atoms with Gasteiger partial charge in [-0.25, -0.2) is 4.79 Å². The van der Waals surface area contributed by atoms with E-state index in [4.69, 9.17) is 11.5 Å². The highest BCUT2D eigenvalue weighted by Gasteiger charge is 2.31. The van der Waals surface area contributed by atoms with Gasteiger partial charge in [0.2, 0.25) is 23.6 Å². The Bertz CT molecular complexity index is 1140. The third-order valence-corrected chi connectivity index (χ3v) is 6.46. The van der Waals surface area contributed by atoms with Crippen molar-refractivity contribution in [2.75, 3.05) is 18.6 Å². The number of aliphatic hydroxyl groups excluding tert-OH is 1. The Hall–Kier alpha value is -3.62. The molecule has 0 saturated heterocycles. The Balaban J connectivity index is 2.24. The van der Waals surface area contributed by atoms with E-state index in [1.807, 2.05) is 24.5 Å². The summed E-state index contributed by atoms with van der Waals surface area (Å²) in [6.45, 7) is -0.759. The first kappa shape index (κ1) is 30.6. The van der Waals surface area contributed by atoms with Gasteiger partial charge in [-0.15, -0.1) is 0 Å². The van der Waals surface area contributed by atoms with Crippen molar-refractivity contribution in [3.63, 3.8) is 0 Å². The van der Waals surface area contributed by atoms with Gasteiger partial charge in [0, 0.05) is 29.9 Å². The van der Waals surface area contributed by atoms with Crippen molar-refractivity contribution in [2.45, 2.75) is 49.9 Å². The molecule has 10 N–H and O–H groups in total. The molecule has 1 aromatic carbocycles. The first-order chi connectivity index (χ1) is 18.1. The molecule has 2 aromatic rings. The fourth-order valence-electron chi connectivity index (χ4n) is 3.67. The molecule has 13 nitrogen and oxygen atoms in total. The predicted octanol–water partition coefficient (Wildman–Crippen LogP) is -1.41. The summed E-state index contributed by atoms with van der Waals surface area (Å²) < 4.78 is 0. The van der Waals surface area contributed by atoms with Gasteiger partial charge < -0.3 is 42.6 Å². The van der Waals surface area contributed by atoms with E-state index in [0.29, 0.717) is 17.7 Å². The number of carboxylic acid groups (broad SMARTS) is 1. The highest BCUT2D eigenvalue weighted by atomic mass is 32.2. The van der Waals surface area contributed by atoms with Crippen molar-refractivity contribution >= 4 is 52.3 Å². The number of rotatable bonds is 16. The third-order valence-electron chi connectivity index (χ3n) is 5.81. The molecule has 0 saturated carbocycles. The Morgan fingerprint density at radius 2 is 1.61 bits per heavy atom. The number of carboxylic acids is 1. The Labute approximate surface area is 223 Å². The average Bonchev–Trinajstić information content (AvgIpc) is 3.29. The lowest BCUT2D eigenvalue weighted by atomic mass is 10.0. The minimum absolute atomic E-state index is 0.0386. The maximum absolute atomic E-state index is 13.2. The van der Waals surface area contributed by atoms with E-state index in [1.54, 1.807) is 12.3 Å². The molecule has 38 heavy (non-hydrogen) atoms. The van der Waals surface area contributed by atoms with Crippen LogP contribution >= 0.6 is 11.8 Å². The summed E-state index contributed by atoms with van der Waals surface area (Å²) in [5, 5.41) is 27.2. The molecule has 0 fully saturated rings. The van der Waals surface area contributed by atoms with Gasteiger partial charge >= 0.3 is 5.97 Å². The van der Waals surface area contributed by atoms with E-state index in [2.05, 4.69) is 20.9 Å². The number of nitrogens with two attached hydrogens (primary N) is 2. The van der Waals surface area contributed by atoms with Crippen LogP contribution in [0, 0.1) is 0 Å². The molecule has 4 unspecified atom stereocenters. The lowest BCUT2D eigenvalue weighted by Gasteiger charge is -2.24. The van der Waals surface area contributed by atoms with Crippen molar-refractivity contribution in [3.8, 4) is 0 Å². The van der Waals surface area contributed by atoms with Crippen LogP contribution in [-0.2, 0) is 30.4 Å². The minimum Gasteiger partial charge on any atom is -0.480 e. The normalized spacial score (nSPS) is 14.2. The number of para-hydroxylation sites is 1. The zero-order chi connectivity index (χ0) is 28.2. The number of aromatic amines is 1. The highest BCUT2D eigenvalue weighted by molar-refractivity contribution is 7.98. The monoisotopic (exact) mass is 550 g/mol. The van der Waals surface area contributed by atoms with Gasteiger partial charge in [-0.3, -0.25) is 19.2 Å². The second-order valence-corrected chi connectivity index (χ2v) is 9.65. The first-order valence-electron chi connectivity index (χ1n) is 11.9. The number of nitrogens with one attached hydrogen (secondary N) is 4. The van der Waals surface area contributed by atoms with Crippen molar-refractivity contribution in [1.82, 2.24) is 20.9 Å². The van der Waals surface area contributed by atoms with Crippen LogP contribution in [0.25, 0.3) is 10.9 Å². The number of carbonyl (C=O) groups is 5. The smallest absolute Gasteiger partial charge is 0.326 e. The van der Waals surface area contributed by atoms with Crippen molar-refractivity contribution in [1.29, 1.82) is 0 Å². The molecule has 0 bridgehead atoms. The number of carbonyl (C=O) groups excluding carboxylic acids is 4. The summed E-state index contributed by atoms with van der Waals surface area (Å²) in [5.74, 6) is -3.81. The van der Waals surface area contributed by atoms with Gasteiger partial charge in [-0.2, -0.15) is 11.8 Å². The number of H-pyrrole nitrogens is 1. The predicted molar refractivity (Wildman–Crippen MR) is 142 cm³/mol. The molecule has 4 atom stereocenters. The number of amides is 4. The van der Waals surface area contributed by atoms with Gasteiger partial charge in [-0.05, 0) is 36.5 Å². The second kappa shape index (κ2) is 15.0. The molecule has 0 aliphatic heterocycles. The number of hydrogen-bond acceptors (Lipinski definition) is 8. The minimum atomic E-state index is -1.43. The van der Waals surface area contributed by atoms with Crippen LogP contribution in [0.15, 0.2) is 30.5 Å². The second-order valence-electron chi connectivity index (χ2n) is 8.66. The van der Waals surface area contributed by atoms with Crippen LogP contribution in [0.3, 0.4) is 0 Å². The fraction of sp³-hybridized carbons (Fsp3) is 0.458. The third kappa shape index (κ3) is 9.04. The fourth-order valence-corrected chi connectivity index (χ4v) is 4.16. The molecule has 2 rings (SSSR count). The molecule has 0 radical (unpaired) electrons. The molecule has 0 aliphatic carbocycles. The Morgan fingerprint density at radius 1 is 0.974 bits per heavy atom. The van der Waals surface area contributed by atoms with Crippen molar-refractivity contribution in [3.05, 3.63) is 36.0 Å². The maximum atomic E-state index is 13.2. The average molecular weight is 551 g/mol. The summed E-state index contributed by atoms with van der Waals surface area (Å²) in [6.07, 6.45) is 3.33. The number of hydrogen-bond donors (Lipinski definition) is 8. The molecule has 1 heterocycles. The van der Waals surface area contributed by atoms with E-state index in [0.717, 1.165) is 10.9 Å². The van der Waals surface area contributed by atoms with Gasteiger partial charge in [-0.1, -0.05) is 18.2 Å². The quantitative estimate of drug-likeness (QED) is 0.122. The van der Waals surface area contributed by atoms with E-state index in [9.17, 15) is 34.2 Å². The number of fused-ring (bicyclic) bond motifs is 1. The number of aromatic nitrogens is 1. The summed E-state index contributed by atoms with van der Waals surface area (Å²) in [5.41, 5.74) is 12.4. The summed E-state index contributed by atoms with van der Waals surface area (Å²) >= 11 is 1.50. The van der Waals surface area contributed by atoms with E-state index in [-0.39, 0.29) is 19.3 Å². The molecule has 14 heteroatoms. The number of thioether (sulfide) groups is 1. The summed E-state index contributed by atoms with van der Waals surface area (Å²) in [4.78, 5) is 64.4. The van der Waals surface area contributed by atoms with Crippen LogP contribution < -0.4 is 27.4 Å². The van der Waals surface area contributed by atoms with Gasteiger partial charge in [0.15, 0.2) is 0 Å². The molecular formula is C24H34N6O7S. The van der Waals surface area contributed by atoms with Gasteiger partial charge in [0.25, 0.3) is 0 Å². The lowest BCUT2D eigenvalue weighted by Crippen LogP contribution is -2.58. The molecule has 208 valence electrons. The SMILES string of the molecule is CSCCC(N)C(=O)NC(CO)C(=O)NC(Cc1c[nH]c2ccccc12)C(=O)NC(CCC(N)=O)C(=O)O. The number of aliphatic hydroxyl groups is 1. The molecule has 4 amide bonds. The molecule has 0 aliphatic rings. The Morgan fingerprint density at radius 3 is 2.24 bits per heavy atom. The van der Waals surface area contributed by atoms with Crippen LogP contribution in [0.5, 0.6) is 0 Å². The zero-order valence-corrected chi connectivity index (χ0v) is 21.8. The lowest BCUT2D eigenvalue weighted by molar-refractivity contribution is -0.142. The zero-order valence-electron chi connectivity index (χ0n) is 20.9. The topological polar surface area (TPSA) is 230 Å². The van der Waals surface area contributed by atoms with E-state index >= 15 is 0 Å². The van der Waals surface area contributed by atoms with Crippen molar-refractivity contribution in [2.24, 2.45) is 11.5 Å².